The van der Waals surface area contributed by atoms with Gasteiger partial charge in [0.05, 0.1) is 24.5 Å². The molecule has 1 aliphatic heterocycles. The van der Waals surface area contributed by atoms with E-state index in [4.69, 9.17) is 0 Å². The molecular weight excluding hydrogens is 316 g/mol. The molecule has 1 N–H and O–H groups in total. The lowest BCUT2D eigenvalue weighted by molar-refractivity contribution is -0.117. The van der Waals surface area contributed by atoms with Crippen LogP contribution in [0.4, 0.5) is 5.82 Å². The highest BCUT2D eigenvalue weighted by Gasteiger charge is 2.31. The number of rotatable bonds is 5. The molecule has 2 aromatic heterocycles. The van der Waals surface area contributed by atoms with Crippen LogP contribution in [-0.4, -0.2) is 43.6 Å². The maximum absolute atomic E-state index is 12.5. The van der Waals surface area contributed by atoms with Gasteiger partial charge in [0.25, 0.3) is 0 Å². The Balaban J connectivity index is 1.38. The average Bonchev–Trinajstić information content (AvgIpc) is 3.34. The minimum Gasteiger partial charge on any atom is -0.310 e. The first-order valence-electron chi connectivity index (χ1n) is 8.97. The summed E-state index contributed by atoms with van der Waals surface area (Å²) in [6.07, 6.45) is 7.06. The van der Waals surface area contributed by atoms with Gasteiger partial charge in [0, 0.05) is 25.4 Å². The van der Waals surface area contributed by atoms with Crippen molar-refractivity contribution in [1.29, 1.82) is 0 Å². The number of carbonyl (C=O) groups excluding carboxylic acids is 1. The summed E-state index contributed by atoms with van der Waals surface area (Å²) < 4.78 is 1.94. The quantitative estimate of drug-likeness (QED) is 0.900. The van der Waals surface area contributed by atoms with Gasteiger partial charge in [-0.3, -0.25) is 9.69 Å². The van der Waals surface area contributed by atoms with Gasteiger partial charge in [-0.05, 0) is 44.6 Å². The van der Waals surface area contributed by atoms with Crippen LogP contribution in [0.15, 0.2) is 18.5 Å². The number of carbonyl (C=O) groups is 1. The summed E-state index contributed by atoms with van der Waals surface area (Å²) in [5.41, 5.74) is 2.23. The molecule has 2 aromatic rings. The standard InChI is InChI=1S/C18H24N6O/c1-12(14-3-4-14)24-17(5-7-20-24)22-18(25)11-23-8-6-15-9-19-13(2)21-16(15)10-23/h5,7,9,12,14H,3-4,6,8,10-11H2,1-2H3,(H,22,25)/t12-/m1/s1. The third-order valence-corrected chi connectivity index (χ3v) is 5.14. The SMILES string of the molecule is Cc1ncc2c(n1)CN(CC(=O)Nc1ccnn1[C@H](C)C1CC1)CC2. The van der Waals surface area contributed by atoms with Crippen molar-refractivity contribution in [3.8, 4) is 0 Å². The highest BCUT2D eigenvalue weighted by molar-refractivity contribution is 5.91. The van der Waals surface area contributed by atoms with Gasteiger partial charge in [0.15, 0.2) is 0 Å². The fourth-order valence-electron chi connectivity index (χ4n) is 3.49. The molecule has 2 aliphatic rings. The molecule has 1 fully saturated rings. The second-order valence-corrected chi connectivity index (χ2v) is 7.14. The monoisotopic (exact) mass is 340 g/mol. The molecule has 7 nitrogen and oxygen atoms in total. The third kappa shape index (κ3) is 3.56. The molecule has 0 spiro atoms. The zero-order chi connectivity index (χ0) is 17.4. The van der Waals surface area contributed by atoms with Crippen molar-refractivity contribution in [2.24, 2.45) is 5.92 Å². The van der Waals surface area contributed by atoms with Gasteiger partial charge in [-0.15, -0.1) is 0 Å². The predicted octanol–water partition coefficient (Wildman–Crippen LogP) is 1.95. The fraction of sp³-hybridized carbons (Fsp3) is 0.556. The van der Waals surface area contributed by atoms with E-state index in [9.17, 15) is 4.79 Å². The number of aromatic nitrogens is 4. The fourth-order valence-corrected chi connectivity index (χ4v) is 3.49. The Morgan fingerprint density at radius 1 is 1.44 bits per heavy atom. The van der Waals surface area contributed by atoms with Gasteiger partial charge < -0.3 is 5.32 Å². The summed E-state index contributed by atoms with van der Waals surface area (Å²) in [7, 11) is 0. The van der Waals surface area contributed by atoms with Gasteiger partial charge in [-0.2, -0.15) is 5.10 Å². The molecule has 0 bridgehead atoms. The molecule has 0 aromatic carbocycles. The Kier molecular flexibility index (Phi) is 4.25. The number of hydrogen-bond acceptors (Lipinski definition) is 5. The van der Waals surface area contributed by atoms with Crippen molar-refractivity contribution in [3.63, 3.8) is 0 Å². The summed E-state index contributed by atoms with van der Waals surface area (Å²) >= 11 is 0. The molecule has 0 unspecified atom stereocenters. The largest absolute Gasteiger partial charge is 0.310 e. The zero-order valence-electron chi connectivity index (χ0n) is 14.8. The first kappa shape index (κ1) is 16.2. The van der Waals surface area contributed by atoms with Gasteiger partial charge in [-0.1, -0.05) is 0 Å². The predicted molar refractivity (Wildman–Crippen MR) is 94.0 cm³/mol. The third-order valence-electron chi connectivity index (χ3n) is 5.14. The molecule has 1 atom stereocenters. The second-order valence-electron chi connectivity index (χ2n) is 7.14. The smallest absolute Gasteiger partial charge is 0.239 e. The second kappa shape index (κ2) is 6.55. The molecule has 0 radical (unpaired) electrons. The van der Waals surface area contributed by atoms with Crippen LogP contribution in [0.1, 0.15) is 42.9 Å². The zero-order valence-corrected chi connectivity index (χ0v) is 14.8. The summed E-state index contributed by atoms with van der Waals surface area (Å²) in [4.78, 5) is 23.4. The number of aryl methyl sites for hydroxylation is 1. The topological polar surface area (TPSA) is 75.9 Å². The Bertz CT molecular complexity index is 782. The molecule has 1 amide bonds. The van der Waals surface area contributed by atoms with Crippen LogP contribution in [0.25, 0.3) is 0 Å². The molecule has 132 valence electrons. The summed E-state index contributed by atoms with van der Waals surface area (Å²) in [5, 5.41) is 7.41. The molecule has 3 heterocycles. The molecule has 1 saturated carbocycles. The number of anilines is 1. The first-order valence-corrected chi connectivity index (χ1v) is 8.97. The van der Waals surface area contributed by atoms with Crippen molar-refractivity contribution in [3.05, 3.63) is 35.5 Å². The van der Waals surface area contributed by atoms with E-state index in [0.717, 1.165) is 30.3 Å². The Morgan fingerprint density at radius 2 is 2.28 bits per heavy atom. The Hall–Kier alpha value is -2.28. The molecule has 25 heavy (non-hydrogen) atoms. The number of nitrogens with one attached hydrogen (secondary N) is 1. The minimum absolute atomic E-state index is 0.000949. The highest BCUT2D eigenvalue weighted by Crippen LogP contribution is 2.40. The van der Waals surface area contributed by atoms with Crippen molar-refractivity contribution in [1.82, 2.24) is 24.6 Å². The lowest BCUT2D eigenvalue weighted by Gasteiger charge is -2.27. The van der Waals surface area contributed by atoms with Gasteiger partial charge in [0.2, 0.25) is 5.91 Å². The van der Waals surface area contributed by atoms with E-state index in [2.05, 4.69) is 32.2 Å². The lowest BCUT2D eigenvalue weighted by Crippen LogP contribution is -2.38. The Morgan fingerprint density at radius 3 is 3.08 bits per heavy atom. The number of fused-ring (bicyclic) bond motifs is 1. The summed E-state index contributed by atoms with van der Waals surface area (Å²) in [6.45, 7) is 5.98. The van der Waals surface area contributed by atoms with E-state index >= 15 is 0 Å². The first-order chi connectivity index (χ1) is 12.1. The van der Waals surface area contributed by atoms with Crippen molar-refractivity contribution >= 4 is 11.7 Å². The van der Waals surface area contributed by atoms with Gasteiger partial charge in [0.1, 0.15) is 11.6 Å². The van der Waals surface area contributed by atoms with E-state index in [1.807, 2.05) is 23.9 Å². The van der Waals surface area contributed by atoms with Crippen molar-refractivity contribution in [2.75, 3.05) is 18.4 Å². The molecule has 0 saturated heterocycles. The van der Waals surface area contributed by atoms with Gasteiger partial charge >= 0.3 is 0 Å². The van der Waals surface area contributed by atoms with Crippen LogP contribution in [0, 0.1) is 12.8 Å². The van der Waals surface area contributed by atoms with Crippen LogP contribution in [0.2, 0.25) is 0 Å². The van der Waals surface area contributed by atoms with Crippen molar-refractivity contribution < 1.29 is 4.79 Å². The molecular formula is C18H24N6O. The maximum atomic E-state index is 12.5. The van der Waals surface area contributed by atoms with Crippen LogP contribution in [-0.2, 0) is 17.8 Å². The summed E-state index contributed by atoms with van der Waals surface area (Å²) in [6, 6.07) is 2.21. The summed E-state index contributed by atoms with van der Waals surface area (Å²) in [5.74, 6) is 2.26. The lowest BCUT2D eigenvalue weighted by atomic mass is 10.1. The number of nitrogens with zero attached hydrogens (tertiary/aromatic N) is 5. The van der Waals surface area contributed by atoms with E-state index in [-0.39, 0.29) is 5.91 Å². The number of hydrogen-bond donors (Lipinski definition) is 1. The van der Waals surface area contributed by atoms with Gasteiger partial charge in [-0.25, -0.2) is 14.6 Å². The molecule has 4 rings (SSSR count). The minimum atomic E-state index is -0.000949. The van der Waals surface area contributed by atoms with E-state index in [1.54, 1.807) is 6.20 Å². The molecule has 7 heteroatoms. The van der Waals surface area contributed by atoms with Crippen LogP contribution in [0.5, 0.6) is 0 Å². The number of amides is 1. The van der Waals surface area contributed by atoms with Crippen LogP contribution < -0.4 is 5.32 Å². The van der Waals surface area contributed by atoms with Crippen LogP contribution in [0.3, 0.4) is 0 Å². The van der Waals surface area contributed by atoms with E-state index in [0.29, 0.717) is 25.0 Å². The highest BCUT2D eigenvalue weighted by atomic mass is 16.2. The van der Waals surface area contributed by atoms with Crippen molar-refractivity contribution in [2.45, 2.75) is 45.7 Å². The van der Waals surface area contributed by atoms with E-state index in [1.165, 1.54) is 18.4 Å². The van der Waals surface area contributed by atoms with E-state index < -0.39 is 0 Å². The van der Waals surface area contributed by atoms with Crippen LogP contribution >= 0.6 is 0 Å². The average molecular weight is 340 g/mol. The Labute approximate surface area is 147 Å². The maximum Gasteiger partial charge on any atom is 0.239 e. The normalized spacial score (nSPS) is 18.6. The molecule has 1 aliphatic carbocycles.